The summed E-state index contributed by atoms with van der Waals surface area (Å²) in [6, 6.07) is 13.9. The number of aromatic nitrogens is 4. The lowest BCUT2D eigenvalue weighted by Crippen LogP contribution is -2.27. The average Bonchev–Trinajstić information content (AvgIpc) is 2.77. The molecule has 4 aromatic rings. The highest BCUT2D eigenvalue weighted by atomic mass is 35.5. The fourth-order valence-corrected chi connectivity index (χ4v) is 3.15. The molecule has 2 aromatic carbocycles. The predicted octanol–water partition coefficient (Wildman–Crippen LogP) is 3.97. The Morgan fingerprint density at radius 3 is 2.67 bits per heavy atom. The third-order valence-electron chi connectivity index (χ3n) is 4.44. The molecule has 0 aliphatic rings. The maximum absolute atomic E-state index is 13.4. The van der Waals surface area contributed by atoms with Crippen LogP contribution in [0, 0.1) is 5.82 Å². The molecule has 0 radical (unpaired) electrons. The minimum atomic E-state index is -0.503. The van der Waals surface area contributed by atoms with E-state index in [-0.39, 0.29) is 17.7 Å². The van der Waals surface area contributed by atoms with Gasteiger partial charge in [0.1, 0.15) is 23.2 Å². The number of hydrogen-bond donors (Lipinski definition) is 3. The predicted molar refractivity (Wildman–Crippen MR) is 114 cm³/mol. The van der Waals surface area contributed by atoms with E-state index in [1.807, 2.05) is 30.3 Å². The summed E-state index contributed by atoms with van der Waals surface area (Å²) in [4.78, 5) is 17.2. The summed E-state index contributed by atoms with van der Waals surface area (Å²) < 4.78 is 13.4. The van der Waals surface area contributed by atoms with Crippen molar-refractivity contribution < 1.29 is 9.50 Å². The van der Waals surface area contributed by atoms with Crippen molar-refractivity contribution >= 4 is 40.1 Å². The van der Waals surface area contributed by atoms with E-state index >= 15 is 0 Å². The van der Waals surface area contributed by atoms with Crippen LogP contribution in [-0.4, -0.2) is 37.7 Å². The molecule has 0 fully saturated rings. The van der Waals surface area contributed by atoms with Gasteiger partial charge in [0.25, 0.3) is 0 Å². The van der Waals surface area contributed by atoms with Crippen LogP contribution in [0.2, 0.25) is 5.02 Å². The van der Waals surface area contributed by atoms with Crippen molar-refractivity contribution in [2.75, 3.05) is 17.2 Å². The Hall–Kier alpha value is -3.36. The number of aliphatic hydroxyl groups is 1. The summed E-state index contributed by atoms with van der Waals surface area (Å²) in [6.45, 7) is -0.0826. The highest BCUT2D eigenvalue weighted by Gasteiger charge is 2.13. The first-order valence-corrected chi connectivity index (χ1v) is 9.61. The van der Waals surface area contributed by atoms with E-state index in [4.69, 9.17) is 11.6 Å². The summed E-state index contributed by atoms with van der Waals surface area (Å²) in [5.74, 6) is 0.265. The Labute approximate surface area is 177 Å². The van der Waals surface area contributed by atoms with E-state index in [9.17, 15) is 9.50 Å². The van der Waals surface area contributed by atoms with Crippen LogP contribution in [0.25, 0.3) is 11.0 Å². The van der Waals surface area contributed by atoms with E-state index in [0.29, 0.717) is 34.9 Å². The first-order valence-electron chi connectivity index (χ1n) is 9.23. The van der Waals surface area contributed by atoms with E-state index in [2.05, 4.69) is 30.6 Å². The molecule has 0 aliphatic carbocycles. The molecule has 0 spiro atoms. The second-order valence-corrected chi connectivity index (χ2v) is 7.02. The van der Waals surface area contributed by atoms with E-state index in [1.54, 1.807) is 12.3 Å². The van der Waals surface area contributed by atoms with Gasteiger partial charge in [-0.2, -0.15) is 0 Å². The van der Waals surface area contributed by atoms with Gasteiger partial charge in [-0.25, -0.2) is 24.3 Å². The molecule has 0 saturated carbocycles. The number of aliphatic hydroxyl groups excluding tert-OH is 1. The molecule has 152 valence electrons. The first-order chi connectivity index (χ1) is 14.6. The van der Waals surface area contributed by atoms with Gasteiger partial charge in [-0.05, 0) is 30.2 Å². The van der Waals surface area contributed by atoms with Gasteiger partial charge < -0.3 is 15.7 Å². The molecular weight excluding hydrogens is 407 g/mol. The second kappa shape index (κ2) is 8.98. The van der Waals surface area contributed by atoms with Crippen LogP contribution in [-0.2, 0) is 6.42 Å². The van der Waals surface area contributed by atoms with Gasteiger partial charge in [0, 0.05) is 5.69 Å². The minimum Gasteiger partial charge on any atom is -0.394 e. The number of hydrogen-bond acceptors (Lipinski definition) is 7. The molecule has 30 heavy (non-hydrogen) atoms. The summed E-state index contributed by atoms with van der Waals surface area (Å²) in [5, 5.41) is 16.0. The van der Waals surface area contributed by atoms with Crippen LogP contribution in [0.15, 0.2) is 61.1 Å². The van der Waals surface area contributed by atoms with Gasteiger partial charge >= 0.3 is 0 Å². The summed E-state index contributed by atoms with van der Waals surface area (Å²) in [5.41, 5.74) is 2.66. The smallest absolute Gasteiger partial charge is 0.223 e. The topological polar surface area (TPSA) is 95.9 Å². The lowest BCUT2D eigenvalue weighted by Gasteiger charge is -2.17. The fraction of sp³-hybridized carbons (Fsp3) is 0.143. The molecule has 0 bridgehead atoms. The maximum atomic E-state index is 13.4. The van der Waals surface area contributed by atoms with Crippen LogP contribution in [0.5, 0.6) is 0 Å². The molecule has 0 amide bonds. The molecule has 7 nitrogen and oxygen atoms in total. The van der Waals surface area contributed by atoms with E-state index < -0.39 is 5.82 Å². The van der Waals surface area contributed by atoms with Crippen molar-refractivity contribution in [2.45, 2.75) is 12.5 Å². The highest BCUT2D eigenvalue weighted by molar-refractivity contribution is 6.31. The highest BCUT2D eigenvalue weighted by Crippen LogP contribution is 2.25. The zero-order valence-electron chi connectivity index (χ0n) is 15.8. The molecule has 0 aliphatic heterocycles. The van der Waals surface area contributed by atoms with Gasteiger partial charge in [-0.15, -0.1) is 0 Å². The number of fused-ring (bicyclic) bond motifs is 1. The lowest BCUT2D eigenvalue weighted by atomic mass is 10.1. The average molecular weight is 425 g/mol. The van der Waals surface area contributed by atoms with E-state index in [0.717, 1.165) is 5.56 Å². The molecule has 1 atom stereocenters. The van der Waals surface area contributed by atoms with Gasteiger partial charge in [0.05, 0.1) is 23.9 Å². The Bertz CT molecular complexity index is 1160. The van der Waals surface area contributed by atoms with Crippen LogP contribution >= 0.6 is 11.6 Å². The number of nitrogens with one attached hydrogen (secondary N) is 2. The zero-order chi connectivity index (χ0) is 20.9. The van der Waals surface area contributed by atoms with Crippen LogP contribution in [0.3, 0.4) is 0 Å². The SMILES string of the molecule is OCC(Cc1ccccc1)Nc1ncc2ncnc(Nc3ccc(F)c(Cl)c3)c2n1. The molecule has 1 unspecified atom stereocenters. The van der Waals surface area contributed by atoms with Crippen molar-refractivity contribution in [2.24, 2.45) is 0 Å². The molecule has 2 aromatic heterocycles. The van der Waals surface area contributed by atoms with Gasteiger partial charge in [-0.3, -0.25) is 0 Å². The van der Waals surface area contributed by atoms with Crippen molar-refractivity contribution in [3.05, 3.63) is 77.5 Å². The number of nitrogens with zero attached hydrogens (tertiary/aromatic N) is 4. The summed E-state index contributed by atoms with van der Waals surface area (Å²) in [6.07, 6.45) is 3.58. The van der Waals surface area contributed by atoms with Crippen molar-refractivity contribution in [3.63, 3.8) is 0 Å². The van der Waals surface area contributed by atoms with Crippen molar-refractivity contribution in [1.29, 1.82) is 0 Å². The largest absolute Gasteiger partial charge is 0.394 e. The van der Waals surface area contributed by atoms with Gasteiger partial charge in [0.2, 0.25) is 5.95 Å². The standard InChI is InChI=1S/C21H18ClFN6O/c22-16-9-14(6-7-17(16)23)27-20-19-18(25-12-26-20)10-24-21(29-19)28-15(11-30)8-13-4-2-1-3-5-13/h1-7,9-10,12,15,30H,8,11H2,(H,24,28,29)(H,25,26,27). The number of halogens is 2. The van der Waals surface area contributed by atoms with Crippen molar-refractivity contribution in [3.8, 4) is 0 Å². The van der Waals surface area contributed by atoms with Gasteiger partial charge in [-0.1, -0.05) is 41.9 Å². The quantitative estimate of drug-likeness (QED) is 0.413. The van der Waals surface area contributed by atoms with Crippen molar-refractivity contribution in [1.82, 2.24) is 19.9 Å². The number of rotatable bonds is 7. The monoisotopic (exact) mass is 424 g/mol. The molecular formula is C21H18ClFN6O. The molecule has 4 rings (SSSR count). The summed E-state index contributed by atoms with van der Waals surface area (Å²) in [7, 11) is 0. The lowest BCUT2D eigenvalue weighted by molar-refractivity contribution is 0.273. The van der Waals surface area contributed by atoms with Crippen LogP contribution in [0.4, 0.5) is 21.8 Å². The number of benzene rings is 2. The minimum absolute atomic E-state index is 0.00189. The second-order valence-electron chi connectivity index (χ2n) is 6.62. The maximum Gasteiger partial charge on any atom is 0.223 e. The summed E-state index contributed by atoms with van der Waals surface area (Å²) >= 11 is 5.86. The number of anilines is 3. The first kappa shape index (κ1) is 19.9. The Balaban J connectivity index is 1.59. The zero-order valence-corrected chi connectivity index (χ0v) is 16.5. The third kappa shape index (κ3) is 4.61. The molecule has 9 heteroatoms. The molecule has 2 heterocycles. The third-order valence-corrected chi connectivity index (χ3v) is 4.73. The fourth-order valence-electron chi connectivity index (χ4n) is 2.97. The van der Waals surface area contributed by atoms with E-state index in [1.165, 1.54) is 18.5 Å². The Morgan fingerprint density at radius 2 is 1.90 bits per heavy atom. The molecule has 0 saturated heterocycles. The normalized spacial score (nSPS) is 12.0. The Morgan fingerprint density at radius 1 is 1.07 bits per heavy atom. The van der Waals surface area contributed by atoms with Crippen LogP contribution in [0.1, 0.15) is 5.56 Å². The Kier molecular flexibility index (Phi) is 5.97. The van der Waals surface area contributed by atoms with Crippen LogP contribution < -0.4 is 10.6 Å². The molecule has 3 N–H and O–H groups in total. The van der Waals surface area contributed by atoms with Gasteiger partial charge in [0.15, 0.2) is 5.82 Å².